The van der Waals surface area contributed by atoms with E-state index in [1.54, 1.807) is 22.1 Å². The number of aromatic nitrogens is 4. The van der Waals surface area contributed by atoms with E-state index in [9.17, 15) is 9.90 Å². The van der Waals surface area contributed by atoms with Crippen molar-refractivity contribution in [2.75, 3.05) is 14.1 Å². The molecule has 2 N–H and O–H groups in total. The zero-order valence-electron chi connectivity index (χ0n) is 14.5. The molecule has 1 saturated heterocycles. The van der Waals surface area contributed by atoms with Gasteiger partial charge in [0.05, 0.1) is 24.9 Å². The molecule has 9 nitrogen and oxygen atoms in total. The topological polar surface area (TPSA) is 109 Å². The van der Waals surface area contributed by atoms with E-state index in [2.05, 4.69) is 26.9 Å². The van der Waals surface area contributed by atoms with Crippen molar-refractivity contribution in [2.45, 2.75) is 38.2 Å². The number of nitrogens with one attached hydrogen (secondary N) is 1. The molecule has 1 aliphatic carbocycles. The van der Waals surface area contributed by atoms with Crippen LogP contribution in [-0.2, 0) is 4.74 Å². The molecule has 1 saturated carbocycles. The average Bonchev–Trinajstić information content (AvgIpc) is 3.21. The number of aliphatic imine (C=N–C) groups is 1. The highest BCUT2D eigenvalue weighted by atomic mass is 16.5. The molecule has 0 bridgehead atoms. The van der Waals surface area contributed by atoms with E-state index in [1.807, 2.05) is 14.1 Å². The Balaban J connectivity index is 1.70. The van der Waals surface area contributed by atoms with E-state index in [4.69, 9.17) is 4.74 Å². The first-order valence-corrected chi connectivity index (χ1v) is 8.45. The SMILES string of the molecule is C[C@@H]1C[C@@H](O)[C@H]2O[C@@H](n3cnc4c(=O)[nH]c(N=CN(C)C)nc43)C[C@H]21. The Kier molecular flexibility index (Phi) is 3.84. The minimum atomic E-state index is -0.434. The van der Waals surface area contributed by atoms with Crippen LogP contribution in [-0.4, -0.2) is 62.2 Å². The number of fused-ring (bicyclic) bond motifs is 2. The van der Waals surface area contributed by atoms with Gasteiger partial charge >= 0.3 is 0 Å². The smallest absolute Gasteiger partial charge is 0.280 e. The largest absolute Gasteiger partial charge is 0.390 e. The van der Waals surface area contributed by atoms with E-state index < -0.39 is 6.10 Å². The van der Waals surface area contributed by atoms with Crippen LogP contribution in [0.2, 0.25) is 0 Å². The van der Waals surface area contributed by atoms with Gasteiger partial charge in [-0.15, -0.1) is 0 Å². The predicted molar refractivity (Wildman–Crippen MR) is 91.8 cm³/mol. The fraction of sp³-hybridized carbons (Fsp3) is 0.625. The molecule has 134 valence electrons. The molecule has 0 aromatic carbocycles. The summed E-state index contributed by atoms with van der Waals surface area (Å²) < 4.78 is 7.85. The fourth-order valence-corrected chi connectivity index (χ4v) is 3.86. The summed E-state index contributed by atoms with van der Waals surface area (Å²) in [5.74, 6) is 0.946. The molecule has 0 unspecified atom stereocenters. The van der Waals surface area contributed by atoms with Gasteiger partial charge in [0.15, 0.2) is 11.2 Å². The maximum atomic E-state index is 12.2. The number of aliphatic hydroxyl groups excluding tert-OH is 1. The summed E-state index contributed by atoms with van der Waals surface area (Å²) in [4.78, 5) is 29.4. The molecule has 3 heterocycles. The molecule has 0 spiro atoms. The second kappa shape index (κ2) is 5.92. The van der Waals surface area contributed by atoms with Crippen molar-refractivity contribution in [3.05, 3.63) is 16.7 Å². The summed E-state index contributed by atoms with van der Waals surface area (Å²) in [6.45, 7) is 2.14. The Morgan fingerprint density at radius 2 is 2.28 bits per heavy atom. The van der Waals surface area contributed by atoms with Crippen molar-refractivity contribution in [2.24, 2.45) is 16.8 Å². The predicted octanol–water partition coefficient (Wildman–Crippen LogP) is 0.645. The lowest BCUT2D eigenvalue weighted by Gasteiger charge is -2.17. The maximum absolute atomic E-state index is 12.2. The van der Waals surface area contributed by atoms with Gasteiger partial charge in [-0.3, -0.25) is 14.3 Å². The zero-order chi connectivity index (χ0) is 17.7. The van der Waals surface area contributed by atoms with Crippen LogP contribution >= 0.6 is 0 Å². The molecule has 2 fully saturated rings. The van der Waals surface area contributed by atoms with E-state index in [-0.39, 0.29) is 29.4 Å². The highest BCUT2D eigenvalue weighted by molar-refractivity contribution is 5.71. The number of rotatable bonds is 3. The third-order valence-electron chi connectivity index (χ3n) is 5.07. The van der Waals surface area contributed by atoms with Gasteiger partial charge < -0.3 is 14.7 Å². The van der Waals surface area contributed by atoms with Gasteiger partial charge in [-0.05, 0) is 24.7 Å². The van der Waals surface area contributed by atoms with Crippen LogP contribution in [0.1, 0.15) is 26.0 Å². The minimum Gasteiger partial charge on any atom is -0.390 e. The van der Waals surface area contributed by atoms with E-state index in [0.29, 0.717) is 17.5 Å². The first-order valence-electron chi connectivity index (χ1n) is 8.45. The molecule has 1 aliphatic heterocycles. The maximum Gasteiger partial charge on any atom is 0.280 e. The van der Waals surface area contributed by atoms with Crippen LogP contribution in [0.3, 0.4) is 0 Å². The summed E-state index contributed by atoms with van der Waals surface area (Å²) in [6.07, 6.45) is 3.82. The normalized spacial score (nSPS) is 31.9. The Morgan fingerprint density at radius 1 is 1.48 bits per heavy atom. The first-order chi connectivity index (χ1) is 11.9. The van der Waals surface area contributed by atoms with Crippen molar-refractivity contribution in [1.82, 2.24) is 24.4 Å². The lowest BCUT2D eigenvalue weighted by Crippen LogP contribution is -2.23. The summed E-state index contributed by atoms with van der Waals surface area (Å²) >= 11 is 0. The lowest BCUT2D eigenvalue weighted by molar-refractivity contribution is -0.0525. The monoisotopic (exact) mass is 346 g/mol. The molecule has 2 aliphatic rings. The van der Waals surface area contributed by atoms with Crippen LogP contribution in [0.15, 0.2) is 16.1 Å². The van der Waals surface area contributed by atoms with Crippen LogP contribution in [0.25, 0.3) is 11.2 Å². The fourth-order valence-electron chi connectivity index (χ4n) is 3.86. The molecule has 25 heavy (non-hydrogen) atoms. The quantitative estimate of drug-likeness (QED) is 0.624. The van der Waals surface area contributed by atoms with E-state index >= 15 is 0 Å². The molecular weight excluding hydrogens is 324 g/mol. The number of hydrogen-bond donors (Lipinski definition) is 2. The van der Waals surface area contributed by atoms with Gasteiger partial charge in [0, 0.05) is 14.1 Å². The molecule has 2 aromatic heterocycles. The van der Waals surface area contributed by atoms with Gasteiger partial charge in [0.25, 0.3) is 5.56 Å². The minimum absolute atomic E-state index is 0.161. The molecule has 9 heteroatoms. The molecule has 0 amide bonds. The third kappa shape index (κ3) is 2.73. The number of ether oxygens (including phenoxy) is 1. The van der Waals surface area contributed by atoms with Crippen molar-refractivity contribution in [1.29, 1.82) is 0 Å². The average molecular weight is 346 g/mol. The molecule has 5 atom stereocenters. The van der Waals surface area contributed by atoms with Crippen LogP contribution in [0, 0.1) is 11.8 Å². The standard InChI is InChI=1S/C16H22N6O3/c1-8-4-10(23)13-9(8)5-11(25-13)22-7-17-12-14(22)19-16(20-15(12)24)18-6-21(2)3/h6-11,13,23H,4-5H2,1-3H3,(H,19,20,24)/t8-,9+,10-,11-,13+/m1/s1. The molecule has 2 aromatic rings. The highest BCUT2D eigenvalue weighted by Crippen LogP contribution is 2.46. The first kappa shape index (κ1) is 16.2. The van der Waals surface area contributed by atoms with Crippen LogP contribution < -0.4 is 5.56 Å². The van der Waals surface area contributed by atoms with Crippen molar-refractivity contribution in [3.63, 3.8) is 0 Å². The second-order valence-corrected chi connectivity index (χ2v) is 7.16. The summed E-state index contributed by atoms with van der Waals surface area (Å²) in [5.41, 5.74) is 0.376. The van der Waals surface area contributed by atoms with Gasteiger partial charge in [0.1, 0.15) is 6.23 Å². The molecule has 0 radical (unpaired) electrons. The van der Waals surface area contributed by atoms with Gasteiger partial charge in [0.2, 0.25) is 5.95 Å². The number of hydrogen-bond acceptors (Lipinski definition) is 6. The summed E-state index contributed by atoms with van der Waals surface area (Å²) in [7, 11) is 3.67. The number of aliphatic hydroxyl groups is 1. The molecule has 4 rings (SSSR count). The zero-order valence-corrected chi connectivity index (χ0v) is 14.5. The van der Waals surface area contributed by atoms with Crippen LogP contribution in [0.5, 0.6) is 0 Å². The number of nitrogens with zero attached hydrogens (tertiary/aromatic N) is 5. The lowest BCUT2D eigenvalue weighted by atomic mass is 9.95. The second-order valence-electron chi connectivity index (χ2n) is 7.16. The molecular formula is C16H22N6O3. The number of H-pyrrole nitrogens is 1. The Hall–Kier alpha value is -2.26. The highest BCUT2D eigenvalue weighted by Gasteiger charge is 2.48. The van der Waals surface area contributed by atoms with Crippen molar-refractivity contribution in [3.8, 4) is 0 Å². The Labute approximate surface area is 144 Å². The third-order valence-corrected chi connectivity index (χ3v) is 5.07. The van der Waals surface area contributed by atoms with Crippen molar-refractivity contribution < 1.29 is 9.84 Å². The Bertz CT molecular complexity index is 856. The summed E-state index contributed by atoms with van der Waals surface area (Å²) in [6, 6.07) is 0. The van der Waals surface area contributed by atoms with Gasteiger partial charge in [-0.25, -0.2) is 9.98 Å². The van der Waals surface area contributed by atoms with E-state index in [1.165, 1.54) is 0 Å². The van der Waals surface area contributed by atoms with E-state index in [0.717, 1.165) is 12.8 Å². The van der Waals surface area contributed by atoms with Gasteiger partial charge in [-0.2, -0.15) is 4.98 Å². The Morgan fingerprint density at radius 3 is 3.00 bits per heavy atom. The van der Waals surface area contributed by atoms with Gasteiger partial charge in [-0.1, -0.05) is 6.92 Å². The summed E-state index contributed by atoms with van der Waals surface area (Å²) in [5, 5.41) is 10.2. The van der Waals surface area contributed by atoms with Crippen LogP contribution in [0.4, 0.5) is 5.95 Å². The number of imidazole rings is 1. The number of aromatic amines is 1. The van der Waals surface area contributed by atoms with Crippen molar-refractivity contribution >= 4 is 23.5 Å².